The van der Waals surface area contributed by atoms with Crippen molar-refractivity contribution in [2.75, 3.05) is 13.3 Å². The highest BCUT2D eigenvalue weighted by molar-refractivity contribution is 5.29. The van der Waals surface area contributed by atoms with Gasteiger partial charge in [0.2, 0.25) is 0 Å². The van der Waals surface area contributed by atoms with Crippen LogP contribution < -0.4 is 10.1 Å². The number of ether oxygens (including phenoxy) is 2. The van der Waals surface area contributed by atoms with Crippen molar-refractivity contribution in [3.05, 3.63) is 65.5 Å². The third-order valence-electron chi connectivity index (χ3n) is 2.98. The van der Waals surface area contributed by atoms with Crippen LogP contribution in [-0.2, 0) is 17.9 Å². The van der Waals surface area contributed by atoms with Gasteiger partial charge in [-0.15, -0.1) is 0 Å². The normalized spacial score (nSPS) is 10.6. The Kier molecular flexibility index (Phi) is 6.19. The molecule has 0 amide bonds. The molecular weight excluding hydrogens is 269 g/mol. The molecule has 0 radical (unpaired) electrons. The summed E-state index contributed by atoms with van der Waals surface area (Å²) >= 11 is 0. The minimum atomic E-state index is -0.367. The number of halogens is 1. The molecule has 3 nitrogen and oxygen atoms in total. The Hall–Kier alpha value is -1.91. The molecular formula is C17H20FNO2. The molecule has 2 aromatic rings. The molecule has 2 rings (SSSR count). The van der Waals surface area contributed by atoms with E-state index in [2.05, 4.69) is 5.32 Å². The van der Waals surface area contributed by atoms with Crippen molar-refractivity contribution in [3.63, 3.8) is 0 Å². The van der Waals surface area contributed by atoms with Crippen molar-refractivity contribution in [1.82, 2.24) is 5.32 Å². The predicted octanol–water partition coefficient (Wildman–Crippen LogP) is 3.49. The van der Waals surface area contributed by atoms with E-state index in [9.17, 15) is 4.39 Å². The molecule has 0 saturated heterocycles. The van der Waals surface area contributed by atoms with Crippen molar-refractivity contribution in [2.24, 2.45) is 0 Å². The number of hydrogen-bond donors (Lipinski definition) is 1. The second-order valence-corrected chi connectivity index (χ2v) is 4.64. The van der Waals surface area contributed by atoms with Crippen LogP contribution in [0.15, 0.2) is 48.5 Å². The first-order valence-electron chi connectivity index (χ1n) is 7.03. The highest BCUT2D eigenvalue weighted by Gasteiger charge is 2.04. The summed E-state index contributed by atoms with van der Waals surface area (Å²) in [6, 6.07) is 14.7. The summed E-state index contributed by atoms with van der Waals surface area (Å²) in [5.74, 6) is -0.156. The number of hydrogen-bond acceptors (Lipinski definition) is 3. The number of benzene rings is 2. The first-order chi connectivity index (χ1) is 10.3. The topological polar surface area (TPSA) is 30.5 Å². The second-order valence-electron chi connectivity index (χ2n) is 4.64. The molecule has 0 bridgehead atoms. The molecule has 0 aliphatic rings. The van der Waals surface area contributed by atoms with Crippen molar-refractivity contribution >= 4 is 0 Å². The SMILES string of the molecule is CCNCc1ccc(OCOCc2ccccc2)c(F)c1. The molecule has 0 saturated carbocycles. The maximum atomic E-state index is 13.8. The van der Waals surface area contributed by atoms with Gasteiger partial charge in [0.05, 0.1) is 6.61 Å². The van der Waals surface area contributed by atoms with Gasteiger partial charge in [0.1, 0.15) is 0 Å². The first kappa shape index (κ1) is 15.5. The van der Waals surface area contributed by atoms with Crippen LogP contribution in [0.5, 0.6) is 5.75 Å². The van der Waals surface area contributed by atoms with E-state index in [-0.39, 0.29) is 18.4 Å². The van der Waals surface area contributed by atoms with Gasteiger partial charge < -0.3 is 14.8 Å². The maximum Gasteiger partial charge on any atom is 0.189 e. The van der Waals surface area contributed by atoms with E-state index >= 15 is 0 Å². The largest absolute Gasteiger partial charge is 0.464 e. The average Bonchev–Trinajstić information content (AvgIpc) is 2.52. The van der Waals surface area contributed by atoms with E-state index in [0.29, 0.717) is 13.2 Å². The average molecular weight is 289 g/mol. The lowest BCUT2D eigenvalue weighted by Crippen LogP contribution is -2.12. The van der Waals surface area contributed by atoms with Gasteiger partial charge in [-0.25, -0.2) is 4.39 Å². The summed E-state index contributed by atoms with van der Waals surface area (Å²) in [6.07, 6.45) is 0. The molecule has 0 atom stereocenters. The summed E-state index contributed by atoms with van der Waals surface area (Å²) in [4.78, 5) is 0. The zero-order valence-electron chi connectivity index (χ0n) is 12.1. The highest BCUT2D eigenvalue weighted by Crippen LogP contribution is 2.18. The van der Waals surface area contributed by atoms with Crippen molar-refractivity contribution in [2.45, 2.75) is 20.1 Å². The summed E-state index contributed by atoms with van der Waals surface area (Å²) in [7, 11) is 0. The number of nitrogens with one attached hydrogen (secondary N) is 1. The first-order valence-corrected chi connectivity index (χ1v) is 7.03. The molecule has 112 valence electrons. The Bertz CT molecular complexity index is 546. The quantitative estimate of drug-likeness (QED) is 0.596. The smallest absolute Gasteiger partial charge is 0.189 e. The molecule has 4 heteroatoms. The zero-order valence-corrected chi connectivity index (χ0v) is 12.1. The van der Waals surface area contributed by atoms with Gasteiger partial charge in [-0.1, -0.05) is 43.3 Å². The van der Waals surface area contributed by atoms with Gasteiger partial charge in [-0.3, -0.25) is 0 Å². The van der Waals surface area contributed by atoms with Crippen molar-refractivity contribution < 1.29 is 13.9 Å². The third kappa shape index (κ3) is 5.17. The van der Waals surface area contributed by atoms with E-state index in [1.165, 1.54) is 6.07 Å². The lowest BCUT2D eigenvalue weighted by atomic mass is 10.2. The third-order valence-corrected chi connectivity index (χ3v) is 2.98. The Morgan fingerprint density at radius 2 is 1.86 bits per heavy atom. The van der Waals surface area contributed by atoms with E-state index in [4.69, 9.17) is 9.47 Å². The van der Waals surface area contributed by atoms with E-state index in [0.717, 1.165) is 17.7 Å². The molecule has 1 N–H and O–H groups in total. The monoisotopic (exact) mass is 289 g/mol. The van der Waals surface area contributed by atoms with Crippen molar-refractivity contribution in [3.8, 4) is 5.75 Å². The van der Waals surface area contributed by atoms with Gasteiger partial charge in [0.15, 0.2) is 18.4 Å². The minimum absolute atomic E-state index is 0.0262. The lowest BCUT2D eigenvalue weighted by molar-refractivity contribution is 0.00301. The molecule has 0 aliphatic heterocycles. The summed E-state index contributed by atoms with van der Waals surface area (Å²) < 4.78 is 24.5. The van der Waals surface area contributed by atoms with Gasteiger partial charge in [-0.2, -0.15) is 0 Å². The van der Waals surface area contributed by atoms with Crippen LogP contribution in [0, 0.1) is 5.82 Å². The Morgan fingerprint density at radius 1 is 1.05 bits per heavy atom. The fourth-order valence-electron chi connectivity index (χ4n) is 1.88. The molecule has 0 fully saturated rings. The van der Waals surface area contributed by atoms with Crippen LogP contribution in [0.1, 0.15) is 18.1 Å². The molecule has 2 aromatic carbocycles. The standard InChI is InChI=1S/C17H20FNO2/c1-2-19-11-15-8-9-17(16(18)10-15)21-13-20-12-14-6-4-3-5-7-14/h3-10,19H,2,11-13H2,1H3. The minimum Gasteiger partial charge on any atom is -0.464 e. The molecule has 0 heterocycles. The van der Waals surface area contributed by atoms with Crippen molar-refractivity contribution in [1.29, 1.82) is 0 Å². The van der Waals surface area contributed by atoms with Gasteiger partial charge in [-0.05, 0) is 29.8 Å². The molecule has 21 heavy (non-hydrogen) atoms. The Labute approximate surface area is 124 Å². The molecule has 0 spiro atoms. The van der Waals surface area contributed by atoms with Crippen LogP contribution in [0.3, 0.4) is 0 Å². The number of rotatable bonds is 8. The highest BCUT2D eigenvalue weighted by atomic mass is 19.1. The van der Waals surface area contributed by atoms with Gasteiger partial charge in [0, 0.05) is 6.54 Å². The van der Waals surface area contributed by atoms with E-state index < -0.39 is 0 Å². The zero-order chi connectivity index (χ0) is 14.9. The second kappa shape index (κ2) is 8.39. The van der Waals surface area contributed by atoms with Crippen LogP contribution in [-0.4, -0.2) is 13.3 Å². The molecule has 0 unspecified atom stereocenters. The molecule has 0 aromatic heterocycles. The van der Waals surface area contributed by atoms with Crippen LogP contribution in [0.2, 0.25) is 0 Å². The summed E-state index contributed by atoms with van der Waals surface area (Å²) in [5, 5.41) is 3.15. The van der Waals surface area contributed by atoms with Crippen LogP contribution in [0.25, 0.3) is 0 Å². The Morgan fingerprint density at radius 3 is 2.57 bits per heavy atom. The van der Waals surface area contributed by atoms with E-state index in [1.807, 2.05) is 43.3 Å². The maximum absolute atomic E-state index is 13.8. The fraction of sp³-hybridized carbons (Fsp3) is 0.294. The van der Waals surface area contributed by atoms with Gasteiger partial charge >= 0.3 is 0 Å². The Balaban J connectivity index is 1.78. The summed E-state index contributed by atoms with van der Waals surface area (Å²) in [6.45, 7) is 3.99. The van der Waals surface area contributed by atoms with Crippen LogP contribution in [0.4, 0.5) is 4.39 Å². The fourth-order valence-corrected chi connectivity index (χ4v) is 1.88. The molecule has 0 aliphatic carbocycles. The van der Waals surface area contributed by atoms with Crippen LogP contribution >= 0.6 is 0 Å². The van der Waals surface area contributed by atoms with E-state index in [1.54, 1.807) is 6.07 Å². The summed E-state index contributed by atoms with van der Waals surface area (Å²) in [5.41, 5.74) is 1.95. The predicted molar refractivity (Wildman–Crippen MR) is 80.5 cm³/mol. The van der Waals surface area contributed by atoms with Gasteiger partial charge in [0.25, 0.3) is 0 Å². The lowest BCUT2D eigenvalue weighted by Gasteiger charge is -2.09.